The monoisotopic (exact) mass is 256 g/mol. The van der Waals surface area contributed by atoms with Gasteiger partial charge in [0.2, 0.25) is 5.88 Å². The second-order valence-electron chi connectivity index (χ2n) is 3.40. The molecule has 0 unspecified atom stereocenters. The highest BCUT2D eigenvalue weighted by Crippen LogP contribution is 2.15. The number of aromatic nitrogens is 1. The van der Waals surface area contributed by atoms with Gasteiger partial charge in [-0.2, -0.15) is 0 Å². The van der Waals surface area contributed by atoms with Crippen LogP contribution in [0.15, 0.2) is 22.8 Å². The Labute approximate surface area is 92.2 Å². The van der Waals surface area contributed by atoms with Crippen molar-refractivity contribution in [2.75, 3.05) is 13.1 Å². The predicted octanol–water partition coefficient (Wildman–Crippen LogP) is 2.62. The van der Waals surface area contributed by atoms with Gasteiger partial charge in [-0.15, -0.1) is 5.06 Å². The summed E-state index contributed by atoms with van der Waals surface area (Å²) in [6.07, 6.45) is 5.50. The van der Waals surface area contributed by atoms with Gasteiger partial charge in [-0.1, -0.05) is 6.42 Å². The van der Waals surface area contributed by atoms with Crippen molar-refractivity contribution in [3.63, 3.8) is 0 Å². The van der Waals surface area contributed by atoms with Gasteiger partial charge < -0.3 is 4.84 Å². The van der Waals surface area contributed by atoms with Crippen molar-refractivity contribution < 1.29 is 4.84 Å². The van der Waals surface area contributed by atoms with Crippen molar-refractivity contribution in [1.29, 1.82) is 0 Å². The van der Waals surface area contributed by atoms with E-state index in [1.54, 1.807) is 6.20 Å². The number of halogens is 1. The molecule has 14 heavy (non-hydrogen) atoms. The van der Waals surface area contributed by atoms with Crippen LogP contribution in [0.4, 0.5) is 0 Å². The minimum Gasteiger partial charge on any atom is -0.386 e. The van der Waals surface area contributed by atoms with Crippen LogP contribution in [0.5, 0.6) is 5.88 Å². The van der Waals surface area contributed by atoms with E-state index in [9.17, 15) is 0 Å². The lowest BCUT2D eigenvalue weighted by Gasteiger charge is -2.25. The zero-order valence-electron chi connectivity index (χ0n) is 7.95. The lowest BCUT2D eigenvalue weighted by molar-refractivity contribution is -0.0758. The Bertz CT molecular complexity index is 283. The summed E-state index contributed by atoms with van der Waals surface area (Å²) in [6, 6.07) is 3.81. The van der Waals surface area contributed by atoms with E-state index in [0.29, 0.717) is 5.88 Å². The Morgan fingerprint density at radius 3 is 2.64 bits per heavy atom. The van der Waals surface area contributed by atoms with Gasteiger partial charge in [0.15, 0.2) is 0 Å². The molecule has 0 atom stereocenters. The molecule has 0 N–H and O–H groups in total. The summed E-state index contributed by atoms with van der Waals surface area (Å²) in [7, 11) is 0. The van der Waals surface area contributed by atoms with Crippen molar-refractivity contribution in [1.82, 2.24) is 10.0 Å². The molecule has 1 aromatic rings. The Kier molecular flexibility index (Phi) is 3.37. The Balaban J connectivity index is 1.92. The van der Waals surface area contributed by atoms with E-state index in [1.807, 2.05) is 17.2 Å². The van der Waals surface area contributed by atoms with Gasteiger partial charge in [0, 0.05) is 29.8 Å². The van der Waals surface area contributed by atoms with Gasteiger partial charge >= 0.3 is 0 Å². The molecule has 1 aromatic heterocycles. The van der Waals surface area contributed by atoms with Gasteiger partial charge in [0.05, 0.1) is 0 Å². The summed E-state index contributed by atoms with van der Waals surface area (Å²) >= 11 is 3.34. The second kappa shape index (κ2) is 4.75. The van der Waals surface area contributed by atoms with Crippen LogP contribution in [-0.2, 0) is 0 Å². The molecule has 1 saturated heterocycles. The number of rotatable bonds is 2. The highest BCUT2D eigenvalue weighted by Gasteiger charge is 2.11. The first kappa shape index (κ1) is 9.93. The first-order chi connectivity index (χ1) is 6.84. The molecule has 0 saturated carbocycles. The number of piperidine rings is 1. The molecule has 0 spiro atoms. The molecular weight excluding hydrogens is 244 g/mol. The van der Waals surface area contributed by atoms with E-state index in [4.69, 9.17) is 4.84 Å². The molecule has 4 heteroatoms. The lowest BCUT2D eigenvalue weighted by atomic mass is 10.2. The quantitative estimate of drug-likeness (QED) is 0.814. The smallest absolute Gasteiger partial charge is 0.238 e. The molecule has 0 radical (unpaired) electrons. The maximum Gasteiger partial charge on any atom is 0.238 e. The molecule has 2 heterocycles. The average molecular weight is 257 g/mol. The highest BCUT2D eigenvalue weighted by molar-refractivity contribution is 9.10. The van der Waals surface area contributed by atoms with Crippen LogP contribution in [0.25, 0.3) is 0 Å². The molecule has 0 aromatic carbocycles. The van der Waals surface area contributed by atoms with Gasteiger partial charge in [-0.3, -0.25) is 0 Å². The van der Waals surface area contributed by atoms with Crippen LogP contribution in [0.1, 0.15) is 19.3 Å². The van der Waals surface area contributed by atoms with Crippen LogP contribution in [-0.4, -0.2) is 23.1 Å². The number of hydrogen-bond acceptors (Lipinski definition) is 3. The minimum atomic E-state index is 0.676. The number of nitrogens with zero attached hydrogens (tertiary/aromatic N) is 2. The van der Waals surface area contributed by atoms with Gasteiger partial charge in [-0.05, 0) is 34.8 Å². The summed E-state index contributed by atoms with van der Waals surface area (Å²) in [6.45, 7) is 2.02. The molecule has 0 aliphatic carbocycles. The molecule has 0 amide bonds. The largest absolute Gasteiger partial charge is 0.386 e. The molecule has 1 aliphatic rings. The topological polar surface area (TPSA) is 25.4 Å². The molecule has 76 valence electrons. The zero-order chi connectivity index (χ0) is 9.80. The fraction of sp³-hybridized carbons (Fsp3) is 0.500. The Morgan fingerprint density at radius 1 is 1.21 bits per heavy atom. The van der Waals surface area contributed by atoms with E-state index in [1.165, 1.54) is 19.3 Å². The molecular formula is C10H13BrN2O. The predicted molar refractivity (Wildman–Crippen MR) is 58.0 cm³/mol. The first-order valence-electron chi connectivity index (χ1n) is 4.89. The van der Waals surface area contributed by atoms with Gasteiger partial charge in [0.1, 0.15) is 0 Å². The molecule has 0 bridgehead atoms. The first-order valence-corrected chi connectivity index (χ1v) is 5.68. The molecule has 1 aliphatic heterocycles. The van der Waals surface area contributed by atoms with E-state index in [-0.39, 0.29) is 0 Å². The van der Waals surface area contributed by atoms with E-state index >= 15 is 0 Å². The van der Waals surface area contributed by atoms with E-state index < -0.39 is 0 Å². The maximum absolute atomic E-state index is 5.61. The van der Waals surface area contributed by atoms with Gasteiger partial charge in [-0.25, -0.2) is 4.98 Å². The summed E-state index contributed by atoms with van der Waals surface area (Å²) in [5.74, 6) is 0.676. The SMILES string of the molecule is Brc1ccc(ON2CCCCC2)nc1. The second-order valence-corrected chi connectivity index (χ2v) is 4.31. The van der Waals surface area contributed by atoms with Crippen molar-refractivity contribution in [2.24, 2.45) is 0 Å². The Hall–Kier alpha value is -0.610. The van der Waals surface area contributed by atoms with Crippen molar-refractivity contribution >= 4 is 15.9 Å². The van der Waals surface area contributed by atoms with Crippen molar-refractivity contribution in [3.8, 4) is 5.88 Å². The number of hydrogen-bond donors (Lipinski definition) is 0. The van der Waals surface area contributed by atoms with Crippen LogP contribution in [0.2, 0.25) is 0 Å². The number of hydroxylamine groups is 2. The number of pyridine rings is 1. The third-order valence-electron chi connectivity index (χ3n) is 2.24. The summed E-state index contributed by atoms with van der Waals surface area (Å²) < 4.78 is 0.975. The summed E-state index contributed by atoms with van der Waals surface area (Å²) in [5, 5.41) is 1.99. The molecule has 1 fully saturated rings. The third kappa shape index (κ3) is 2.69. The Morgan fingerprint density at radius 2 is 2.00 bits per heavy atom. The standard InChI is InChI=1S/C10H13BrN2O/c11-9-4-5-10(12-8-9)14-13-6-2-1-3-7-13/h4-5,8H,1-3,6-7H2. The minimum absolute atomic E-state index is 0.676. The summed E-state index contributed by atoms with van der Waals surface area (Å²) in [5.41, 5.74) is 0. The van der Waals surface area contributed by atoms with Crippen LogP contribution in [0.3, 0.4) is 0 Å². The van der Waals surface area contributed by atoms with E-state index in [0.717, 1.165) is 17.6 Å². The fourth-order valence-electron chi connectivity index (χ4n) is 1.50. The zero-order valence-corrected chi connectivity index (χ0v) is 9.53. The van der Waals surface area contributed by atoms with Crippen molar-refractivity contribution in [2.45, 2.75) is 19.3 Å². The molecule has 2 rings (SSSR count). The van der Waals surface area contributed by atoms with Crippen LogP contribution < -0.4 is 4.84 Å². The lowest BCUT2D eigenvalue weighted by Crippen LogP contribution is -2.33. The van der Waals surface area contributed by atoms with Crippen LogP contribution >= 0.6 is 15.9 Å². The van der Waals surface area contributed by atoms with Crippen LogP contribution in [0, 0.1) is 0 Å². The fourth-order valence-corrected chi connectivity index (χ4v) is 1.74. The highest BCUT2D eigenvalue weighted by atomic mass is 79.9. The average Bonchev–Trinajstić information content (AvgIpc) is 2.23. The normalized spacial score (nSPS) is 18.1. The van der Waals surface area contributed by atoms with E-state index in [2.05, 4.69) is 20.9 Å². The maximum atomic E-state index is 5.61. The third-order valence-corrected chi connectivity index (χ3v) is 2.71. The molecule has 3 nitrogen and oxygen atoms in total. The summed E-state index contributed by atoms with van der Waals surface area (Å²) in [4.78, 5) is 9.77. The van der Waals surface area contributed by atoms with Crippen molar-refractivity contribution in [3.05, 3.63) is 22.8 Å². The van der Waals surface area contributed by atoms with Gasteiger partial charge in [0.25, 0.3) is 0 Å².